The second-order valence-electron chi connectivity index (χ2n) is 8.13. The third kappa shape index (κ3) is 5.66. The Morgan fingerprint density at radius 1 is 0.914 bits per heavy atom. The number of carbonyl (C=O) groups is 2. The van der Waals surface area contributed by atoms with Gasteiger partial charge >= 0.3 is 0 Å². The summed E-state index contributed by atoms with van der Waals surface area (Å²) in [6.07, 6.45) is 0.859. The van der Waals surface area contributed by atoms with Crippen molar-refractivity contribution in [2.75, 3.05) is 25.1 Å². The zero-order valence-corrected chi connectivity index (χ0v) is 19.9. The molecule has 7 nitrogen and oxygen atoms in total. The molecule has 3 aromatic carbocycles. The van der Waals surface area contributed by atoms with Crippen molar-refractivity contribution in [2.24, 2.45) is 5.10 Å². The van der Waals surface area contributed by atoms with E-state index in [0.29, 0.717) is 43.4 Å². The largest absolute Gasteiger partial charge is 0.486 e. The number of hydrogen-bond donors (Lipinski definition) is 1. The number of rotatable bonds is 7. The van der Waals surface area contributed by atoms with Crippen LogP contribution in [0.2, 0.25) is 0 Å². The fourth-order valence-electron chi connectivity index (χ4n) is 3.90. The Bertz CT molecular complexity index is 1250. The van der Waals surface area contributed by atoms with Crippen LogP contribution in [0.15, 0.2) is 87.7 Å². The standard InChI is InChI=1S/C27H25N3O4S/c31-26(11-12-27(32)30-14-13-21(29-30)19-7-3-1-4-8-19)28-22-17-23-24(34-16-15-33-23)18-25(22)35-20-9-5-2-6-10-20/h1-10,17-18H,11-16H2,(H,28,31). The second kappa shape index (κ2) is 10.7. The molecule has 0 spiro atoms. The van der Waals surface area contributed by atoms with Crippen molar-refractivity contribution >= 4 is 35.0 Å². The van der Waals surface area contributed by atoms with Gasteiger partial charge in [-0.1, -0.05) is 60.3 Å². The summed E-state index contributed by atoms with van der Waals surface area (Å²) in [5.41, 5.74) is 2.54. The Morgan fingerprint density at radius 2 is 1.60 bits per heavy atom. The highest BCUT2D eigenvalue weighted by atomic mass is 32.2. The number of hydrazone groups is 1. The highest BCUT2D eigenvalue weighted by Gasteiger charge is 2.23. The molecule has 3 aromatic rings. The molecular formula is C27H25N3O4S. The quantitative estimate of drug-likeness (QED) is 0.509. The normalized spacial score (nSPS) is 14.4. The Morgan fingerprint density at radius 3 is 2.34 bits per heavy atom. The molecule has 2 aliphatic heterocycles. The molecule has 2 heterocycles. The molecule has 0 saturated heterocycles. The number of carbonyl (C=O) groups excluding carboxylic acids is 2. The maximum Gasteiger partial charge on any atom is 0.243 e. The maximum absolute atomic E-state index is 12.8. The second-order valence-corrected chi connectivity index (χ2v) is 9.25. The van der Waals surface area contributed by atoms with Gasteiger partial charge in [0.05, 0.1) is 17.9 Å². The summed E-state index contributed by atoms with van der Waals surface area (Å²) in [4.78, 5) is 27.4. The number of nitrogens with one attached hydrogen (secondary N) is 1. The summed E-state index contributed by atoms with van der Waals surface area (Å²) >= 11 is 1.53. The van der Waals surface area contributed by atoms with Gasteiger partial charge in [0.25, 0.3) is 0 Å². The number of anilines is 1. The molecule has 35 heavy (non-hydrogen) atoms. The number of ether oxygens (including phenoxy) is 2. The van der Waals surface area contributed by atoms with Crippen LogP contribution < -0.4 is 14.8 Å². The van der Waals surface area contributed by atoms with Crippen LogP contribution in [0, 0.1) is 0 Å². The van der Waals surface area contributed by atoms with Crippen LogP contribution in [0.3, 0.4) is 0 Å². The first kappa shape index (κ1) is 23.0. The fourth-order valence-corrected chi connectivity index (χ4v) is 4.83. The van der Waals surface area contributed by atoms with Crippen LogP contribution in [-0.4, -0.2) is 42.3 Å². The topological polar surface area (TPSA) is 80.2 Å². The van der Waals surface area contributed by atoms with Crippen molar-refractivity contribution in [3.05, 3.63) is 78.4 Å². The zero-order valence-electron chi connectivity index (χ0n) is 19.1. The Hall–Kier alpha value is -3.78. The molecule has 0 radical (unpaired) electrons. The van der Waals surface area contributed by atoms with Gasteiger partial charge in [-0.3, -0.25) is 9.59 Å². The van der Waals surface area contributed by atoms with Crippen molar-refractivity contribution in [1.82, 2.24) is 5.01 Å². The van der Waals surface area contributed by atoms with Crippen molar-refractivity contribution in [2.45, 2.75) is 29.1 Å². The first-order valence-corrected chi connectivity index (χ1v) is 12.4. The monoisotopic (exact) mass is 487 g/mol. The van der Waals surface area contributed by atoms with Gasteiger partial charge in [0.1, 0.15) is 13.2 Å². The zero-order chi connectivity index (χ0) is 24.0. The van der Waals surface area contributed by atoms with Crippen molar-refractivity contribution in [3.63, 3.8) is 0 Å². The number of benzene rings is 3. The van der Waals surface area contributed by atoms with Crippen molar-refractivity contribution < 1.29 is 19.1 Å². The van der Waals surface area contributed by atoms with Crippen LogP contribution in [0.1, 0.15) is 24.8 Å². The van der Waals surface area contributed by atoms with Gasteiger partial charge in [-0.25, -0.2) is 5.01 Å². The van der Waals surface area contributed by atoms with Gasteiger partial charge in [-0.15, -0.1) is 0 Å². The van der Waals surface area contributed by atoms with E-state index in [2.05, 4.69) is 10.4 Å². The molecule has 178 valence electrons. The molecule has 5 rings (SSSR count). The van der Waals surface area contributed by atoms with E-state index in [1.807, 2.05) is 66.7 Å². The van der Waals surface area contributed by atoms with Gasteiger partial charge in [0, 0.05) is 41.2 Å². The van der Waals surface area contributed by atoms with Crippen LogP contribution >= 0.6 is 11.8 Å². The number of fused-ring (bicyclic) bond motifs is 1. The third-order valence-corrected chi connectivity index (χ3v) is 6.72. The molecule has 0 bridgehead atoms. The molecule has 0 atom stereocenters. The van der Waals surface area contributed by atoms with E-state index in [1.54, 1.807) is 6.07 Å². The predicted octanol–water partition coefficient (Wildman–Crippen LogP) is 4.96. The molecule has 1 N–H and O–H groups in total. The Balaban J connectivity index is 1.24. The minimum Gasteiger partial charge on any atom is -0.486 e. The van der Waals surface area contributed by atoms with E-state index < -0.39 is 0 Å². The van der Waals surface area contributed by atoms with Crippen LogP contribution in [0.5, 0.6) is 11.5 Å². The number of amides is 2. The van der Waals surface area contributed by atoms with Gasteiger partial charge in [0.2, 0.25) is 11.8 Å². The molecule has 0 fully saturated rings. The summed E-state index contributed by atoms with van der Waals surface area (Å²) in [6, 6.07) is 23.4. The van der Waals surface area contributed by atoms with E-state index in [4.69, 9.17) is 9.47 Å². The smallest absolute Gasteiger partial charge is 0.243 e. The number of hydrogen-bond acceptors (Lipinski definition) is 6. The summed E-state index contributed by atoms with van der Waals surface area (Å²) in [5, 5.41) is 8.89. The molecule has 2 aliphatic rings. The number of nitrogens with zero attached hydrogens (tertiary/aromatic N) is 2. The van der Waals surface area contributed by atoms with Gasteiger partial charge in [-0.05, 0) is 17.7 Å². The highest BCUT2D eigenvalue weighted by Crippen LogP contribution is 2.42. The van der Waals surface area contributed by atoms with Gasteiger partial charge in [-0.2, -0.15) is 5.10 Å². The van der Waals surface area contributed by atoms with E-state index in [1.165, 1.54) is 16.8 Å². The molecular weight excluding hydrogens is 462 g/mol. The van der Waals surface area contributed by atoms with Crippen molar-refractivity contribution in [3.8, 4) is 11.5 Å². The summed E-state index contributed by atoms with van der Waals surface area (Å²) in [7, 11) is 0. The summed E-state index contributed by atoms with van der Waals surface area (Å²) in [5.74, 6) is 0.854. The SMILES string of the molecule is O=C(CCC(=O)N1CCC(c2ccccc2)=N1)Nc1cc2c(cc1Sc1ccccc1)OCCO2. The first-order chi connectivity index (χ1) is 17.2. The molecule has 0 saturated carbocycles. The van der Waals surface area contributed by atoms with E-state index in [-0.39, 0.29) is 24.7 Å². The lowest BCUT2D eigenvalue weighted by Gasteiger charge is -2.21. The van der Waals surface area contributed by atoms with Crippen LogP contribution in [0.4, 0.5) is 5.69 Å². The minimum atomic E-state index is -0.239. The van der Waals surface area contributed by atoms with Gasteiger partial charge < -0.3 is 14.8 Å². The van der Waals surface area contributed by atoms with Crippen LogP contribution in [0.25, 0.3) is 0 Å². The highest BCUT2D eigenvalue weighted by molar-refractivity contribution is 7.99. The summed E-state index contributed by atoms with van der Waals surface area (Å²) < 4.78 is 11.4. The average Bonchev–Trinajstić information content (AvgIpc) is 3.39. The molecule has 0 unspecified atom stereocenters. The summed E-state index contributed by atoms with van der Waals surface area (Å²) in [6.45, 7) is 1.48. The lowest BCUT2D eigenvalue weighted by Crippen LogP contribution is -2.25. The fraction of sp³-hybridized carbons (Fsp3) is 0.222. The lowest BCUT2D eigenvalue weighted by atomic mass is 10.1. The third-order valence-electron chi connectivity index (χ3n) is 5.65. The van der Waals surface area contributed by atoms with Crippen LogP contribution in [-0.2, 0) is 9.59 Å². The molecule has 0 aromatic heterocycles. The first-order valence-electron chi connectivity index (χ1n) is 11.6. The van der Waals surface area contributed by atoms with Crippen molar-refractivity contribution in [1.29, 1.82) is 0 Å². The van der Waals surface area contributed by atoms with E-state index in [9.17, 15) is 9.59 Å². The van der Waals surface area contributed by atoms with E-state index in [0.717, 1.165) is 21.1 Å². The maximum atomic E-state index is 12.8. The minimum absolute atomic E-state index is 0.0649. The van der Waals surface area contributed by atoms with E-state index >= 15 is 0 Å². The molecule has 0 aliphatic carbocycles. The Labute approximate surface area is 208 Å². The molecule has 2 amide bonds. The average molecular weight is 488 g/mol. The lowest BCUT2D eigenvalue weighted by molar-refractivity contribution is -0.132. The predicted molar refractivity (Wildman–Crippen MR) is 135 cm³/mol. The Kier molecular flexibility index (Phi) is 6.99. The molecule has 8 heteroatoms. The van der Waals surface area contributed by atoms with Gasteiger partial charge in [0.15, 0.2) is 11.5 Å².